The molecule has 1 heteroatoms. The first-order valence-corrected chi connectivity index (χ1v) is 4.86. The molecule has 0 aromatic carbocycles. The van der Waals surface area contributed by atoms with Crippen molar-refractivity contribution >= 4 is 11.6 Å². The highest BCUT2D eigenvalue weighted by molar-refractivity contribution is 6.22. The fourth-order valence-corrected chi connectivity index (χ4v) is 1.92. The minimum Gasteiger partial charge on any atom is -0.118 e. The van der Waals surface area contributed by atoms with E-state index in [0.29, 0.717) is 0 Å². The number of hydrogen-bond acceptors (Lipinski definition) is 0. The van der Waals surface area contributed by atoms with Crippen LogP contribution < -0.4 is 0 Å². The van der Waals surface area contributed by atoms with Crippen molar-refractivity contribution in [1.29, 1.82) is 0 Å². The zero-order valence-electron chi connectivity index (χ0n) is 7.44. The predicted octanol–water partition coefficient (Wildman–Crippen LogP) is 3.61. The molecule has 1 aliphatic rings. The lowest BCUT2D eigenvalue weighted by Crippen LogP contribution is -2.20. The summed E-state index contributed by atoms with van der Waals surface area (Å²) >= 11 is 6.04. The van der Waals surface area contributed by atoms with Gasteiger partial charge in [0, 0.05) is 0 Å². The van der Waals surface area contributed by atoms with Crippen molar-refractivity contribution in [1.82, 2.24) is 0 Å². The minimum absolute atomic E-state index is 0.255. The molecule has 0 aliphatic heterocycles. The van der Waals surface area contributed by atoms with Crippen molar-refractivity contribution in [2.45, 2.75) is 38.5 Å². The van der Waals surface area contributed by atoms with Gasteiger partial charge in [0.05, 0.1) is 5.38 Å². The zero-order chi connectivity index (χ0) is 8.43. The molecule has 0 saturated heterocycles. The number of rotatable bonds is 1. The standard InChI is InChI=1S/C10H17Cl/c1-7(2)9-4-5-10(11)8(3)6-9/h7,9-10H,3-6H2,1-2H3. The first-order valence-electron chi connectivity index (χ1n) is 4.43. The molecule has 0 radical (unpaired) electrons. The quantitative estimate of drug-likeness (QED) is 0.419. The Morgan fingerprint density at radius 2 is 2.09 bits per heavy atom. The molecular weight excluding hydrogens is 156 g/mol. The van der Waals surface area contributed by atoms with Gasteiger partial charge in [0.1, 0.15) is 0 Å². The number of hydrogen-bond donors (Lipinski definition) is 0. The molecule has 1 rings (SSSR count). The van der Waals surface area contributed by atoms with Crippen LogP contribution in [0.5, 0.6) is 0 Å². The van der Waals surface area contributed by atoms with Gasteiger partial charge in [-0.05, 0) is 31.1 Å². The van der Waals surface area contributed by atoms with E-state index in [-0.39, 0.29) is 5.38 Å². The molecule has 0 nitrogen and oxygen atoms in total. The topological polar surface area (TPSA) is 0 Å². The summed E-state index contributed by atoms with van der Waals surface area (Å²) in [6.07, 6.45) is 3.56. The smallest absolute Gasteiger partial charge is 0.0542 e. The average molecular weight is 173 g/mol. The molecule has 0 amide bonds. The zero-order valence-corrected chi connectivity index (χ0v) is 8.19. The summed E-state index contributed by atoms with van der Waals surface area (Å²) in [6, 6.07) is 0. The van der Waals surface area contributed by atoms with Gasteiger partial charge in [-0.1, -0.05) is 26.0 Å². The van der Waals surface area contributed by atoms with Crippen LogP contribution in [0.15, 0.2) is 12.2 Å². The van der Waals surface area contributed by atoms with E-state index in [0.717, 1.165) is 24.7 Å². The normalized spacial score (nSPS) is 32.9. The van der Waals surface area contributed by atoms with Crippen LogP contribution in [0.1, 0.15) is 33.1 Å². The third-order valence-corrected chi connectivity index (χ3v) is 3.23. The Balaban J connectivity index is 2.46. The maximum Gasteiger partial charge on any atom is 0.0542 e. The summed E-state index contributed by atoms with van der Waals surface area (Å²) in [5, 5.41) is 0.255. The van der Waals surface area contributed by atoms with Gasteiger partial charge < -0.3 is 0 Å². The summed E-state index contributed by atoms with van der Waals surface area (Å²) in [6.45, 7) is 8.56. The van der Waals surface area contributed by atoms with Crippen molar-refractivity contribution in [3.8, 4) is 0 Å². The van der Waals surface area contributed by atoms with Gasteiger partial charge in [-0.25, -0.2) is 0 Å². The molecule has 2 atom stereocenters. The Morgan fingerprint density at radius 3 is 2.55 bits per heavy atom. The first kappa shape index (κ1) is 9.12. The van der Waals surface area contributed by atoms with Gasteiger partial charge in [0.25, 0.3) is 0 Å². The molecule has 2 unspecified atom stereocenters. The third kappa shape index (κ3) is 2.23. The van der Waals surface area contributed by atoms with Crippen LogP contribution in [0.25, 0.3) is 0 Å². The van der Waals surface area contributed by atoms with Crippen LogP contribution >= 0.6 is 11.6 Å². The third-order valence-electron chi connectivity index (χ3n) is 2.70. The molecule has 64 valence electrons. The fourth-order valence-electron chi connectivity index (χ4n) is 1.70. The van der Waals surface area contributed by atoms with E-state index in [2.05, 4.69) is 20.4 Å². The van der Waals surface area contributed by atoms with Gasteiger partial charge in [-0.15, -0.1) is 11.6 Å². The molecule has 1 saturated carbocycles. The van der Waals surface area contributed by atoms with Crippen molar-refractivity contribution in [3.63, 3.8) is 0 Å². The second-order valence-corrected chi connectivity index (χ2v) is 4.44. The van der Waals surface area contributed by atoms with E-state index in [1.807, 2.05) is 0 Å². The number of halogens is 1. The van der Waals surface area contributed by atoms with E-state index >= 15 is 0 Å². The van der Waals surface area contributed by atoms with Crippen molar-refractivity contribution in [2.24, 2.45) is 11.8 Å². The van der Waals surface area contributed by atoms with Crippen LogP contribution in [0.2, 0.25) is 0 Å². The van der Waals surface area contributed by atoms with Crippen LogP contribution in [0.3, 0.4) is 0 Å². The van der Waals surface area contributed by atoms with E-state index in [9.17, 15) is 0 Å². The maximum absolute atomic E-state index is 6.04. The van der Waals surface area contributed by atoms with Crippen molar-refractivity contribution in [2.75, 3.05) is 0 Å². The van der Waals surface area contributed by atoms with E-state index in [1.54, 1.807) is 0 Å². The largest absolute Gasteiger partial charge is 0.118 e. The van der Waals surface area contributed by atoms with Gasteiger partial charge in [0.15, 0.2) is 0 Å². The van der Waals surface area contributed by atoms with Crippen LogP contribution in [-0.4, -0.2) is 5.38 Å². The monoisotopic (exact) mass is 172 g/mol. The molecule has 11 heavy (non-hydrogen) atoms. The van der Waals surface area contributed by atoms with Crippen LogP contribution in [0.4, 0.5) is 0 Å². The Bertz CT molecular complexity index is 149. The summed E-state index contributed by atoms with van der Waals surface area (Å²) in [5.74, 6) is 1.62. The lowest BCUT2D eigenvalue weighted by molar-refractivity contribution is 0.322. The Labute approximate surface area is 74.6 Å². The van der Waals surface area contributed by atoms with Gasteiger partial charge >= 0.3 is 0 Å². The number of allylic oxidation sites excluding steroid dienone is 1. The van der Waals surface area contributed by atoms with Crippen molar-refractivity contribution < 1.29 is 0 Å². The summed E-state index contributed by atoms with van der Waals surface area (Å²) < 4.78 is 0. The highest BCUT2D eigenvalue weighted by Gasteiger charge is 2.24. The first-order chi connectivity index (χ1) is 5.11. The molecule has 0 aromatic rings. The second kappa shape index (κ2) is 3.62. The summed E-state index contributed by atoms with van der Waals surface area (Å²) in [5.41, 5.74) is 1.25. The van der Waals surface area contributed by atoms with E-state index in [1.165, 1.54) is 12.0 Å². The molecule has 1 fully saturated rings. The van der Waals surface area contributed by atoms with Gasteiger partial charge in [-0.2, -0.15) is 0 Å². The lowest BCUT2D eigenvalue weighted by atomic mass is 9.79. The molecular formula is C10H17Cl. The molecule has 0 bridgehead atoms. The molecule has 0 spiro atoms. The fraction of sp³-hybridized carbons (Fsp3) is 0.800. The maximum atomic E-state index is 6.04. The predicted molar refractivity (Wildman–Crippen MR) is 51.0 cm³/mol. The van der Waals surface area contributed by atoms with E-state index < -0.39 is 0 Å². The molecule has 0 N–H and O–H groups in total. The Hall–Kier alpha value is 0.0300. The minimum atomic E-state index is 0.255. The van der Waals surface area contributed by atoms with Gasteiger partial charge in [-0.3, -0.25) is 0 Å². The van der Waals surface area contributed by atoms with Crippen molar-refractivity contribution in [3.05, 3.63) is 12.2 Å². The summed E-state index contributed by atoms with van der Waals surface area (Å²) in [7, 11) is 0. The summed E-state index contributed by atoms with van der Waals surface area (Å²) in [4.78, 5) is 0. The van der Waals surface area contributed by atoms with Gasteiger partial charge in [0.2, 0.25) is 0 Å². The molecule has 1 aliphatic carbocycles. The van der Waals surface area contributed by atoms with Crippen LogP contribution in [0, 0.1) is 11.8 Å². The highest BCUT2D eigenvalue weighted by Crippen LogP contribution is 2.34. The number of alkyl halides is 1. The second-order valence-electron chi connectivity index (χ2n) is 3.91. The Kier molecular flexibility index (Phi) is 3.00. The molecule has 0 aromatic heterocycles. The average Bonchev–Trinajstić information content (AvgIpc) is 1.94. The SMILES string of the molecule is C=C1CC(C(C)C)CCC1Cl. The van der Waals surface area contributed by atoms with E-state index in [4.69, 9.17) is 11.6 Å². The Morgan fingerprint density at radius 1 is 1.45 bits per heavy atom. The lowest BCUT2D eigenvalue weighted by Gasteiger charge is -2.29. The molecule has 0 heterocycles. The van der Waals surface area contributed by atoms with Crippen LogP contribution in [-0.2, 0) is 0 Å². The highest BCUT2D eigenvalue weighted by atomic mass is 35.5.